The van der Waals surface area contributed by atoms with Crippen LogP contribution < -0.4 is 0 Å². The summed E-state index contributed by atoms with van der Waals surface area (Å²) in [6, 6.07) is 0. The first-order valence-corrected chi connectivity index (χ1v) is 5.44. The quantitative estimate of drug-likeness (QED) is 0.280. The van der Waals surface area contributed by atoms with Gasteiger partial charge in [0.1, 0.15) is 0 Å². The zero-order chi connectivity index (χ0) is 10.6. The van der Waals surface area contributed by atoms with Gasteiger partial charge in [-0.25, -0.2) is 0 Å². The van der Waals surface area contributed by atoms with Crippen LogP contribution in [-0.4, -0.2) is 11.4 Å². The van der Waals surface area contributed by atoms with E-state index < -0.39 is 6.29 Å². The lowest BCUT2D eigenvalue weighted by molar-refractivity contribution is -0.0478. The van der Waals surface area contributed by atoms with E-state index in [-0.39, 0.29) is 0 Å². The molecule has 0 aliphatic rings. The Morgan fingerprint density at radius 3 is 2.64 bits per heavy atom. The Morgan fingerprint density at radius 1 is 1.21 bits per heavy atom. The summed E-state index contributed by atoms with van der Waals surface area (Å²) >= 11 is 0. The number of rotatable bonds is 8. The van der Waals surface area contributed by atoms with Crippen LogP contribution in [0.25, 0.3) is 0 Å². The maximum atomic E-state index is 9.31. The van der Waals surface area contributed by atoms with Gasteiger partial charge in [-0.15, -0.1) is 0 Å². The summed E-state index contributed by atoms with van der Waals surface area (Å²) in [6.45, 7) is 4.22. The predicted octanol–water partition coefficient (Wildman–Crippen LogP) is 3.38. The average molecular weight is 198 g/mol. The molecule has 14 heavy (non-hydrogen) atoms. The summed E-state index contributed by atoms with van der Waals surface area (Å²) in [5.74, 6) is 0. The highest BCUT2D eigenvalue weighted by Gasteiger charge is 1.96. The molecule has 0 bridgehead atoms. The second-order valence-electron chi connectivity index (χ2n) is 3.22. The maximum absolute atomic E-state index is 9.31. The Kier molecular flexibility index (Phi) is 9.76. The number of allylic oxidation sites excluding steroid dienone is 2. The van der Waals surface area contributed by atoms with Crippen LogP contribution in [0.3, 0.4) is 0 Å². The van der Waals surface area contributed by atoms with E-state index in [2.05, 4.69) is 13.8 Å². The third-order valence-electron chi connectivity index (χ3n) is 1.80. The van der Waals surface area contributed by atoms with Crippen LogP contribution in [-0.2, 0) is 4.74 Å². The molecule has 1 atom stereocenters. The molecule has 0 saturated heterocycles. The van der Waals surface area contributed by atoms with Crippen LogP contribution in [0.15, 0.2) is 24.5 Å². The van der Waals surface area contributed by atoms with E-state index in [0.29, 0.717) is 6.42 Å². The normalized spacial score (nSPS) is 13.9. The molecule has 0 radical (unpaired) electrons. The number of hydrogen-bond acceptors (Lipinski definition) is 2. The minimum atomic E-state index is -0.698. The fourth-order valence-corrected chi connectivity index (χ4v) is 0.971. The highest BCUT2D eigenvalue weighted by molar-refractivity contribution is 4.82. The molecule has 2 nitrogen and oxygen atoms in total. The topological polar surface area (TPSA) is 29.5 Å². The number of ether oxygens (including phenoxy) is 1. The van der Waals surface area contributed by atoms with Gasteiger partial charge in [-0.1, -0.05) is 32.4 Å². The van der Waals surface area contributed by atoms with Crippen LogP contribution in [0.2, 0.25) is 0 Å². The van der Waals surface area contributed by atoms with Crippen LogP contribution in [0.1, 0.15) is 46.0 Å². The van der Waals surface area contributed by atoms with Gasteiger partial charge < -0.3 is 9.84 Å². The third-order valence-corrected chi connectivity index (χ3v) is 1.80. The van der Waals surface area contributed by atoms with Crippen LogP contribution in [0, 0.1) is 0 Å². The van der Waals surface area contributed by atoms with Crippen LogP contribution in [0.5, 0.6) is 0 Å². The molecule has 0 aliphatic carbocycles. The highest BCUT2D eigenvalue weighted by atomic mass is 16.6. The first kappa shape index (κ1) is 13.2. The number of aliphatic hydroxyl groups excluding tert-OH is 1. The van der Waals surface area contributed by atoms with Crippen LogP contribution in [0.4, 0.5) is 0 Å². The molecule has 2 heteroatoms. The monoisotopic (exact) mass is 198 g/mol. The van der Waals surface area contributed by atoms with Gasteiger partial charge in [0.2, 0.25) is 0 Å². The van der Waals surface area contributed by atoms with Gasteiger partial charge in [0.05, 0.1) is 6.26 Å². The minimum absolute atomic E-state index is 0.561. The van der Waals surface area contributed by atoms with Gasteiger partial charge >= 0.3 is 0 Å². The molecule has 0 fully saturated rings. The molecule has 0 spiro atoms. The van der Waals surface area contributed by atoms with E-state index in [0.717, 1.165) is 12.8 Å². The Labute approximate surface area is 87.3 Å². The fourth-order valence-electron chi connectivity index (χ4n) is 0.971. The van der Waals surface area contributed by atoms with Crippen LogP contribution >= 0.6 is 0 Å². The summed E-state index contributed by atoms with van der Waals surface area (Å²) in [5.41, 5.74) is 0. The SMILES string of the molecule is CCC=CCC(O)OC=CCCCC. The van der Waals surface area contributed by atoms with Crippen molar-refractivity contribution in [3.05, 3.63) is 24.5 Å². The summed E-state index contributed by atoms with van der Waals surface area (Å²) in [4.78, 5) is 0. The lowest BCUT2D eigenvalue weighted by atomic mass is 10.2. The molecule has 0 amide bonds. The van der Waals surface area contributed by atoms with E-state index in [9.17, 15) is 5.11 Å². The lowest BCUT2D eigenvalue weighted by Crippen LogP contribution is -2.05. The lowest BCUT2D eigenvalue weighted by Gasteiger charge is -2.06. The van der Waals surface area contributed by atoms with E-state index in [1.54, 1.807) is 6.26 Å². The summed E-state index contributed by atoms with van der Waals surface area (Å²) in [5, 5.41) is 9.31. The Bertz CT molecular complexity index is 162. The smallest absolute Gasteiger partial charge is 0.199 e. The molecular formula is C12H22O2. The zero-order valence-electron chi connectivity index (χ0n) is 9.28. The molecule has 0 heterocycles. The second kappa shape index (κ2) is 10.3. The largest absolute Gasteiger partial charge is 0.473 e. The molecule has 0 saturated carbocycles. The van der Waals surface area contributed by atoms with Gasteiger partial charge in [0.15, 0.2) is 6.29 Å². The van der Waals surface area contributed by atoms with Crippen molar-refractivity contribution < 1.29 is 9.84 Å². The van der Waals surface area contributed by atoms with Crippen molar-refractivity contribution in [2.75, 3.05) is 0 Å². The molecule has 1 N–H and O–H groups in total. The summed E-state index contributed by atoms with van der Waals surface area (Å²) in [6.07, 6.45) is 11.8. The van der Waals surface area contributed by atoms with Gasteiger partial charge in [-0.3, -0.25) is 0 Å². The van der Waals surface area contributed by atoms with E-state index >= 15 is 0 Å². The van der Waals surface area contributed by atoms with E-state index in [1.807, 2.05) is 18.2 Å². The first-order valence-electron chi connectivity index (χ1n) is 5.44. The highest BCUT2D eigenvalue weighted by Crippen LogP contribution is 1.99. The van der Waals surface area contributed by atoms with Crippen molar-refractivity contribution in [2.45, 2.75) is 52.2 Å². The van der Waals surface area contributed by atoms with Gasteiger partial charge in [0.25, 0.3) is 0 Å². The summed E-state index contributed by atoms with van der Waals surface area (Å²) < 4.78 is 5.06. The van der Waals surface area contributed by atoms with Crippen molar-refractivity contribution in [3.8, 4) is 0 Å². The second-order valence-corrected chi connectivity index (χ2v) is 3.22. The Hall–Kier alpha value is -0.760. The summed E-state index contributed by atoms with van der Waals surface area (Å²) in [7, 11) is 0. The standard InChI is InChI=1S/C12H22O2/c1-3-5-7-9-11-14-12(13)10-8-6-4-2/h6,8-9,11-13H,3-5,7,10H2,1-2H3. The maximum Gasteiger partial charge on any atom is 0.199 e. The Morgan fingerprint density at radius 2 is 2.00 bits per heavy atom. The average Bonchev–Trinajstić information content (AvgIpc) is 2.18. The van der Waals surface area contributed by atoms with Crippen molar-refractivity contribution in [2.24, 2.45) is 0 Å². The molecule has 0 aliphatic heterocycles. The van der Waals surface area contributed by atoms with E-state index in [4.69, 9.17) is 4.74 Å². The molecular weight excluding hydrogens is 176 g/mol. The number of unbranched alkanes of at least 4 members (excludes halogenated alkanes) is 2. The van der Waals surface area contributed by atoms with Crippen molar-refractivity contribution in [3.63, 3.8) is 0 Å². The molecule has 1 unspecified atom stereocenters. The fraction of sp³-hybridized carbons (Fsp3) is 0.667. The molecule has 0 rings (SSSR count). The third kappa shape index (κ3) is 9.33. The molecule has 0 aromatic heterocycles. The number of aliphatic hydroxyl groups is 1. The van der Waals surface area contributed by atoms with E-state index in [1.165, 1.54) is 12.8 Å². The minimum Gasteiger partial charge on any atom is -0.473 e. The molecule has 82 valence electrons. The Balaban J connectivity index is 3.38. The van der Waals surface area contributed by atoms with Crippen molar-refractivity contribution in [1.29, 1.82) is 0 Å². The van der Waals surface area contributed by atoms with Crippen molar-refractivity contribution in [1.82, 2.24) is 0 Å². The van der Waals surface area contributed by atoms with Gasteiger partial charge in [-0.05, 0) is 25.3 Å². The molecule has 0 aromatic rings. The van der Waals surface area contributed by atoms with Gasteiger partial charge in [-0.2, -0.15) is 0 Å². The number of hydrogen-bond donors (Lipinski definition) is 1. The first-order chi connectivity index (χ1) is 6.81. The predicted molar refractivity (Wildman–Crippen MR) is 59.8 cm³/mol. The molecule has 0 aromatic carbocycles. The van der Waals surface area contributed by atoms with Gasteiger partial charge in [0, 0.05) is 6.42 Å². The zero-order valence-corrected chi connectivity index (χ0v) is 9.28. The van der Waals surface area contributed by atoms with Crippen molar-refractivity contribution >= 4 is 0 Å².